The highest BCUT2D eigenvalue weighted by molar-refractivity contribution is 5.94. The Bertz CT molecular complexity index is 453. The van der Waals surface area contributed by atoms with Gasteiger partial charge in [-0.2, -0.15) is 0 Å². The fourth-order valence-corrected chi connectivity index (χ4v) is 2.30. The summed E-state index contributed by atoms with van der Waals surface area (Å²) in [5.41, 5.74) is 0.556. The molecule has 0 aliphatic carbocycles. The third kappa shape index (κ3) is 2.70. The number of amides is 1. The van der Waals surface area contributed by atoms with Crippen LogP contribution in [0.1, 0.15) is 35.7 Å². The molecule has 4 heteroatoms. The van der Waals surface area contributed by atoms with Crippen LogP contribution in [0.5, 0.6) is 0 Å². The molecule has 2 N–H and O–H groups in total. The summed E-state index contributed by atoms with van der Waals surface area (Å²) in [5, 5.41) is 6.17. The molecule has 0 saturated carbocycles. The Morgan fingerprint density at radius 3 is 3.00 bits per heavy atom. The van der Waals surface area contributed by atoms with Gasteiger partial charge in [0, 0.05) is 12.1 Å². The third-order valence-electron chi connectivity index (χ3n) is 3.53. The van der Waals surface area contributed by atoms with Gasteiger partial charge in [0.2, 0.25) is 0 Å². The van der Waals surface area contributed by atoms with Crippen molar-refractivity contribution in [2.24, 2.45) is 0 Å². The van der Waals surface area contributed by atoms with E-state index in [1.165, 1.54) is 6.07 Å². The first-order valence-electron chi connectivity index (χ1n) is 6.30. The molecular weight excluding hydrogens is 231 g/mol. The average molecular weight is 250 g/mol. The first-order chi connectivity index (χ1) is 8.52. The van der Waals surface area contributed by atoms with Gasteiger partial charge in [0.1, 0.15) is 5.82 Å². The molecule has 1 atom stereocenters. The number of rotatable bonds is 3. The molecule has 1 aromatic rings. The van der Waals surface area contributed by atoms with E-state index in [2.05, 4.69) is 17.6 Å². The van der Waals surface area contributed by atoms with Gasteiger partial charge in [0.25, 0.3) is 5.91 Å². The Labute approximate surface area is 107 Å². The van der Waals surface area contributed by atoms with Crippen molar-refractivity contribution in [1.29, 1.82) is 0 Å². The van der Waals surface area contributed by atoms with Gasteiger partial charge in [-0.25, -0.2) is 4.39 Å². The molecule has 3 nitrogen and oxygen atoms in total. The van der Waals surface area contributed by atoms with Crippen LogP contribution in [0, 0.1) is 12.7 Å². The zero-order valence-corrected chi connectivity index (χ0v) is 10.8. The van der Waals surface area contributed by atoms with E-state index in [1.54, 1.807) is 19.1 Å². The van der Waals surface area contributed by atoms with Gasteiger partial charge in [-0.15, -0.1) is 0 Å². The Morgan fingerprint density at radius 2 is 2.33 bits per heavy atom. The molecule has 0 bridgehead atoms. The number of nitrogens with one attached hydrogen (secondary N) is 2. The number of carbonyl (C=O) groups excluding carboxylic acids is 1. The lowest BCUT2D eigenvalue weighted by molar-refractivity contribution is 0.0938. The predicted octanol–water partition coefficient (Wildman–Crippen LogP) is 2.01. The Kier molecular flexibility index (Phi) is 3.66. The van der Waals surface area contributed by atoms with Crippen LogP contribution in [-0.2, 0) is 0 Å². The molecule has 0 radical (unpaired) electrons. The van der Waals surface area contributed by atoms with Gasteiger partial charge in [-0.05, 0) is 44.9 Å². The molecule has 0 aromatic heterocycles. The normalized spacial score (nSPS) is 23.1. The van der Waals surface area contributed by atoms with Crippen LogP contribution in [0.2, 0.25) is 0 Å². The Hall–Kier alpha value is -1.42. The summed E-state index contributed by atoms with van der Waals surface area (Å²) in [4.78, 5) is 11.9. The number of carbonyl (C=O) groups is 1. The molecular formula is C14H19FN2O. The van der Waals surface area contributed by atoms with E-state index in [-0.39, 0.29) is 17.0 Å². The van der Waals surface area contributed by atoms with Crippen molar-refractivity contribution in [3.8, 4) is 0 Å². The zero-order chi connectivity index (χ0) is 13.2. The fourth-order valence-electron chi connectivity index (χ4n) is 2.30. The van der Waals surface area contributed by atoms with Crippen molar-refractivity contribution in [3.63, 3.8) is 0 Å². The standard InChI is InChI=1S/C14H19FN2O/c1-10-5-3-6-11(12(10)15)13(18)16-9-14(2)7-4-8-17-14/h3,5-6,17H,4,7-9H2,1-2H3,(H,16,18). The lowest BCUT2D eigenvalue weighted by atomic mass is 10.0. The highest BCUT2D eigenvalue weighted by atomic mass is 19.1. The fraction of sp³-hybridized carbons (Fsp3) is 0.500. The van der Waals surface area contributed by atoms with E-state index < -0.39 is 5.82 Å². The minimum atomic E-state index is -0.431. The zero-order valence-electron chi connectivity index (χ0n) is 10.8. The van der Waals surface area contributed by atoms with E-state index in [0.717, 1.165) is 19.4 Å². The molecule has 1 amide bonds. The minimum absolute atomic E-state index is 0.0596. The molecule has 1 aliphatic heterocycles. The number of halogens is 1. The van der Waals surface area contributed by atoms with Crippen LogP contribution in [-0.4, -0.2) is 24.5 Å². The van der Waals surface area contributed by atoms with Crippen LogP contribution < -0.4 is 10.6 Å². The van der Waals surface area contributed by atoms with Crippen LogP contribution >= 0.6 is 0 Å². The van der Waals surface area contributed by atoms with E-state index in [4.69, 9.17) is 0 Å². The molecule has 1 saturated heterocycles. The van der Waals surface area contributed by atoms with Crippen LogP contribution in [0.4, 0.5) is 4.39 Å². The second-order valence-electron chi connectivity index (χ2n) is 5.21. The lowest BCUT2D eigenvalue weighted by Gasteiger charge is -2.24. The predicted molar refractivity (Wildman–Crippen MR) is 69.1 cm³/mol. The summed E-state index contributed by atoms with van der Waals surface area (Å²) >= 11 is 0. The van der Waals surface area contributed by atoms with E-state index in [9.17, 15) is 9.18 Å². The van der Waals surface area contributed by atoms with E-state index in [1.807, 2.05) is 0 Å². The highest BCUT2D eigenvalue weighted by Gasteiger charge is 2.28. The largest absolute Gasteiger partial charge is 0.350 e. The van der Waals surface area contributed by atoms with Crippen molar-refractivity contribution in [2.45, 2.75) is 32.2 Å². The van der Waals surface area contributed by atoms with Gasteiger partial charge in [-0.1, -0.05) is 12.1 Å². The molecule has 1 fully saturated rings. The molecule has 1 aliphatic rings. The smallest absolute Gasteiger partial charge is 0.254 e. The number of benzene rings is 1. The van der Waals surface area contributed by atoms with Gasteiger partial charge in [-0.3, -0.25) is 4.79 Å². The van der Waals surface area contributed by atoms with Crippen molar-refractivity contribution in [2.75, 3.05) is 13.1 Å². The van der Waals surface area contributed by atoms with E-state index in [0.29, 0.717) is 12.1 Å². The summed E-state index contributed by atoms with van der Waals surface area (Å²) in [6.45, 7) is 5.24. The molecule has 1 aromatic carbocycles. The molecule has 98 valence electrons. The Morgan fingerprint density at radius 1 is 1.56 bits per heavy atom. The van der Waals surface area contributed by atoms with Gasteiger partial charge >= 0.3 is 0 Å². The maximum Gasteiger partial charge on any atom is 0.254 e. The first-order valence-corrected chi connectivity index (χ1v) is 6.30. The average Bonchev–Trinajstić information content (AvgIpc) is 2.77. The van der Waals surface area contributed by atoms with Gasteiger partial charge in [0.05, 0.1) is 5.56 Å². The summed E-state index contributed by atoms with van der Waals surface area (Å²) in [6.07, 6.45) is 2.15. The first kappa shape index (κ1) is 13.0. The molecule has 0 spiro atoms. The summed E-state index contributed by atoms with van der Waals surface area (Å²) in [5.74, 6) is -0.773. The van der Waals surface area contributed by atoms with Crippen molar-refractivity contribution in [3.05, 3.63) is 35.1 Å². The van der Waals surface area contributed by atoms with E-state index >= 15 is 0 Å². The van der Waals surface area contributed by atoms with Gasteiger partial charge in [0.15, 0.2) is 0 Å². The highest BCUT2D eigenvalue weighted by Crippen LogP contribution is 2.18. The van der Waals surface area contributed by atoms with Crippen molar-refractivity contribution in [1.82, 2.24) is 10.6 Å². The summed E-state index contributed by atoms with van der Waals surface area (Å²) in [7, 11) is 0. The maximum atomic E-state index is 13.8. The molecule has 2 rings (SSSR count). The monoisotopic (exact) mass is 250 g/mol. The quantitative estimate of drug-likeness (QED) is 0.861. The topological polar surface area (TPSA) is 41.1 Å². The van der Waals surface area contributed by atoms with Crippen LogP contribution in [0.25, 0.3) is 0 Å². The SMILES string of the molecule is Cc1cccc(C(=O)NCC2(C)CCCN2)c1F. The molecule has 1 unspecified atom stereocenters. The van der Waals surface area contributed by atoms with Crippen molar-refractivity contribution >= 4 is 5.91 Å². The maximum absolute atomic E-state index is 13.8. The lowest BCUT2D eigenvalue weighted by Crippen LogP contribution is -2.47. The van der Waals surface area contributed by atoms with Crippen LogP contribution in [0.3, 0.4) is 0 Å². The van der Waals surface area contributed by atoms with Gasteiger partial charge < -0.3 is 10.6 Å². The summed E-state index contributed by atoms with van der Waals surface area (Å²) in [6, 6.07) is 4.87. The number of aryl methyl sites for hydroxylation is 1. The number of hydrogen-bond acceptors (Lipinski definition) is 2. The second kappa shape index (κ2) is 5.06. The molecule has 1 heterocycles. The number of hydrogen-bond donors (Lipinski definition) is 2. The minimum Gasteiger partial charge on any atom is -0.350 e. The second-order valence-corrected chi connectivity index (χ2v) is 5.21. The third-order valence-corrected chi connectivity index (χ3v) is 3.53. The Balaban J connectivity index is 2.01. The molecule has 18 heavy (non-hydrogen) atoms. The van der Waals surface area contributed by atoms with Crippen LogP contribution in [0.15, 0.2) is 18.2 Å². The van der Waals surface area contributed by atoms with Crippen molar-refractivity contribution < 1.29 is 9.18 Å². The summed E-state index contributed by atoms with van der Waals surface area (Å²) < 4.78 is 13.8.